The van der Waals surface area contributed by atoms with Gasteiger partial charge in [0.15, 0.2) is 5.22 Å². The van der Waals surface area contributed by atoms with E-state index >= 15 is 0 Å². The number of nitrogens with two attached hydrogens (primary N) is 1. The molecule has 0 aliphatic heterocycles. The molecule has 0 aliphatic rings. The summed E-state index contributed by atoms with van der Waals surface area (Å²) in [5.74, 6) is 1.43. The molecule has 0 aliphatic carbocycles. The number of halogens is 2. The summed E-state index contributed by atoms with van der Waals surface area (Å²) in [5, 5.41) is 0.336. The van der Waals surface area contributed by atoms with Crippen LogP contribution in [0.1, 0.15) is 24.3 Å². The van der Waals surface area contributed by atoms with Crippen LogP contribution in [-0.4, -0.2) is 6.61 Å². The van der Waals surface area contributed by atoms with Gasteiger partial charge in [-0.25, -0.2) is 0 Å². The third kappa shape index (κ3) is 2.88. The van der Waals surface area contributed by atoms with E-state index in [2.05, 4.69) is 15.9 Å². The Labute approximate surface area is 119 Å². The molecule has 2 N–H and O–H groups in total. The molecule has 0 bridgehead atoms. The van der Waals surface area contributed by atoms with E-state index in [-0.39, 0.29) is 6.04 Å². The summed E-state index contributed by atoms with van der Waals surface area (Å²) in [6, 6.07) is 8.78. The first-order valence-corrected chi connectivity index (χ1v) is 6.72. The van der Waals surface area contributed by atoms with Crippen molar-refractivity contribution >= 4 is 27.5 Å². The van der Waals surface area contributed by atoms with Crippen LogP contribution in [0.4, 0.5) is 0 Å². The molecule has 2 aromatic rings. The largest absolute Gasteiger partial charge is 0.494 e. The number of furan rings is 1. The second-order valence-electron chi connectivity index (χ2n) is 3.74. The van der Waals surface area contributed by atoms with Crippen LogP contribution in [0.2, 0.25) is 5.22 Å². The highest BCUT2D eigenvalue weighted by Crippen LogP contribution is 2.31. The smallest absolute Gasteiger partial charge is 0.193 e. The van der Waals surface area contributed by atoms with Crippen LogP contribution >= 0.6 is 27.5 Å². The SMILES string of the molecule is CCOc1ccc(C(N)c2ccc(Cl)o2)c(Br)c1. The van der Waals surface area contributed by atoms with Gasteiger partial charge in [0.2, 0.25) is 0 Å². The minimum absolute atomic E-state index is 0.336. The number of benzene rings is 1. The van der Waals surface area contributed by atoms with Crippen molar-refractivity contribution in [3.8, 4) is 5.75 Å². The molecule has 3 nitrogen and oxygen atoms in total. The Hall–Kier alpha value is -0.970. The van der Waals surface area contributed by atoms with Crippen molar-refractivity contribution in [3.63, 3.8) is 0 Å². The fourth-order valence-electron chi connectivity index (χ4n) is 1.67. The third-order valence-electron chi connectivity index (χ3n) is 2.52. The molecule has 0 saturated heterocycles. The second-order valence-corrected chi connectivity index (χ2v) is 4.96. The van der Waals surface area contributed by atoms with Gasteiger partial charge in [0.05, 0.1) is 12.6 Å². The molecule has 1 aromatic carbocycles. The molecule has 0 radical (unpaired) electrons. The van der Waals surface area contributed by atoms with Crippen LogP contribution in [0.25, 0.3) is 0 Å². The normalized spacial score (nSPS) is 12.4. The highest BCUT2D eigenvalue weighted by Gasteiger charge is 2.16. The van der Waals surface area contributed by atoms with E-state index in [4.69, 9.17) is 26.5 Å². The maximum Gasteiger partial charge on any atom is 0.193 e. The summed E-state index contributed by atoms with van der Waals surface area (Å²) in [7, 11) is 0. The molecule has 0 spiro atoms. The minimum atomic E-state index is -0.359. The van der Waals surface area contributed by atoms with E-state index in [0.717, 1.165) is 15.8 Å². The van der Waals surface area contributed by atoms with Gasteiger partial charge in [-0.05, 0) is 48.4 Å². The molecule has 18 heavy (non-hydrogen) atoms. The van der Waals surface area contributed by atoms with Gasteiger partial charge in [-0.15, -0.1) is 0 Å². The zero-order chi connectivity index (χ0) is 13.1. The molecule has 0 saturated carbocycles. The van der Waals surface area contributed by atoms with Gasteiger partial charge in [0, 0.05) is 4.47 Å². The van der Waals surface area contributed by atoms with Crippen LogP contribution in [-0.2, 0) is 0 Å². The average Bonchev–Trinajstić information content (AvgIpc) is 2.76. The highest BCUT2D eigenvalue weighted by molar-refractivity contribution is 9.10. The van der Waals surface area contributed by atoms with E-state index in [1.54, 1.807) is 12.1 Å². The molecule has 0 fully saturated rings. The first-order valence-electron chi connectivity index (χ1n) is 5.55. The maximum atomic E-state index is 6.13. The van der Waals surface area contributed by atoms with Gasteiger partial charge >= 0.3 is 0 Å². The molecular weight excluding hydrogens is 318 g/mol. The van der Waals surface area contributed by atoms with Crippen molar-refractivity contribution in [1.82, 2.24) is 0 Å². The van der Waals surface area contributed by atoms with Crippen LogP contribution < -0.4 is 10.5 Å². The van der Waals surface area contributed by atoms with Crippen molar-refractivity contribution in [2.45, 2.75) is 13.0 Å². The van der Waals surface area contributed by atoms with Crippen LogP contribution in [0.15, 0.2) is 39.2 Å². The lowest BCUT2D eigenvalue weighted by molar-refractivity contribution is 0.340. The van der Waals surface area contributed by atoms with Crippen LogP contribution in [0, 0.1) is 0 Å². The Morgan fingerprint density at radius 3 is 2.72 bits per heavy atom. The molecule has 0 amide bonds. The standard InChI is InChI=1S/C13H13BrClNO2/c1-2-17-8-3-4-9(10(14)7-8)13(16)11-5-6-12(15)18-11/h3-7,13H,2,16H2,1H3. The third-order valence-corrected chi connectivity index (χ3v) is 3.41. The van der Waals surface area contributed by atoms with Gasteiger partial charge in [-0.1, -0.05) is 22.0 Å². The molecule has 1 aromatic heterocycles. The fraction of sp³-hybridized carbons (Fsp3) is 0.231. The van der Waals surface area contributed by atoms with E-state index in [9.17, 15) is 0 Å². The van der Waals surface area contributed by atoms with Gasteiger partial charge in [-0.2, -0.15) is 0 Å². The number of ether oxygens (including phenoxy) is 1. The fourth-order valence-corrected chi connectivity index (χ4v) is 2.42. The van der Waals surface area contributed by atoms with Crippen molar-refractivity contribution in [1.29, 1.82) is 0 Å². The number of hydrogen-bond donors (Lipinski definition) is 1. The molecule has 96 valence electrons. The molecule has 1 atom stereocenters. The molecule has 5 heteroatoms. The maximum absolute atomic E-state index is 6.13. The Morgan fingerprint density at radius 2 is 2.17 bits per heavy atom. The van der Waals surface area contributed by atoms with Crippen molar-refractivity contribution < 1.29 is 9.15 Å². The first kappa shape index (κ1) is 13.5. The Balaban J connectivity index is 2.28. The second kappa shape index (κ2) is 5.78. The average molecular weight is 331 g/mol. The Bertz CT molecular complexity index is 542. The van der Waals surface area contributed by atoms with E-state index in [1.165, 1.54) is 0 Å². The topological polar surface area (TPSA) is 48.4 Å². The summed E-state index contributed by atoms with van der Waals surface area (Å²) in [4.78, 5) is 0. The van der Waals surface area contributed by atoms with Crippen LogP contribution in [0.3, 0.4) is 0 Å². The molecular formula is C13H13BrClNO2. The quantitative estimate of drug-likeness (QED) is 0.916. The minimum Gasteiger partial charge on any atom is -0.494 e. The van der Waals surface area contributed by atoms with Crippen molar-refractivity contribution in [2.24, 2.45) is 5.73 Å². The molecule has 1 unspecified atom stereocenters. The highest BCUT2D eigenvalue weighted by atomic mass is 79.9. The zero-order valence-electron chi connectivity index (χ0n) is 9.82. The predicted octanol–water partition coefficient (Wildman–Crippen LogP) is 4.14. The lowest BCUT2D eigenvalue weighted by atomic mass is 10.1. The van der Waals surface area contributed by atoms with E-state index < -0.39 is 0 Å². The molecule has 1 heterocycles. The lowest BCUT2D eigenvalue weighted by Crippen LogP contribution is -2.11. The van der Waals surface area contributed by atoms with Crippen molar-refractivity contribution in [2.75, 3.05) is 6.61 Å². The van der Waals surface area contributed by atoms with E-state index in [1.807, 2.05) is 25.1 Å². The number of hydrogen-bond acceptors (Lipinski definition) is 3. The van der Waals surface area contributed by atoms with Crippen LogP contribution in [0.5, 0.6) is 5.75 Å². The first-order chi connectivity index (χ1) is 8.61. The zero-order valence-corrected chi connectivity index (χ0v) is 12.2. The van der Waals surface area contributed by atoms with Gasteiger partial charge < -0.3 is 14.9 Å². The lowest BCUT2D eigenvalue weighted by Gasteiger charge is -2.13. The summed E-state index contributed by atoms with van der Waals surface area (Å²) in [6.07, 6.45) is 0. The summed E-state index contributed by atoms with van der Waals surface area (Å²) in [6.45, 7) is 2.57. The Morgan fingerprint density at radius 1 is 1.39 bits per heavy atom. The summed E-state index contributed by atoms with van der Waals surface area (Å²) >= 11 is 9.23. The Kier molecular flexibility index (Phi) is 4.32. The summed E-state index contributed by atoms with van der Waals surface area (Å²) in [5.41, 5.74) is 7.05. The monoisotopic (exact) mass is 329 g/mol. The predicted molar refractivity (Wildman–Crippen MR) is 75.1 cm³/mol. The van der Waals surface area contributed by atoms with Crippen molar-refractivity contribution in [3.05, 3.63) is 51.3 Å². The van der Waals surface area contributed by atoms with Gasteiger partial charge in [0.25, 0.3) is 0 Å². The molecule has 2 rings (SSSR count). The number of rotatable bonds is 4. The van der Waals surface area contributed by atoms with Gasteiger partial charge in [0.1, 0.15) is 11.5 Å². The summed E-state index contributed by atoms with van der Waals surface area (Å²) < 4.78 is 11.6. The van der Waals surface area contributed by atoms with Gasteiger partial charge in [-0.3, -0.25) is 0 Å². The van der Waals surface area contributed by atoms with E-state index in [0.29, 0.717) is 17.6 Å².